The third kappa shape index (κ3) is 3.93. The minimum absolute atomic E-state index is 0.272. The molecule has 0 fully saturated rings. The lowest BCUT2D eigenvalue weighted by Gasteiger charge is -2.13. The Kier molecular flexibility index (Phi) is 4.30. The molecule has 0 spiro atoms. The highest BCUT2D eigenvalue weighted by Gasteiger charge is 1.99. The second kappa shape index (κ2) is 6.15. The molecule has 2 aromatic carbocycles. The van der Waals surface area contributed by atoms with Gasteiger partial charge in [0, 0.05) is 5.69 Å². The number of halogens is 1. The summed E-state index contributed by atoms with van der Waals surface area (Å²) >= 11 is 5.16. The third-order valence-corrected chi connectivity index (χ3v) is 2.76. The first kappa shape index (κ1) is 13.3. The normalized spacial score (nSPS) is 9.79. The van der Waals surface area contributed by atoms with Gasteiger partial charge in [0.1, 0.15) is 5.82 Å². The van der Waals surface area contributed by atoms with Gasteiger partial charge in [-0.3, -0.25) is 10.9 Å². The van der Waals surface area contributed by atoms with Gasteiger partial charge in [-0.1, -0.05) is 18.2 Å². The van der Waals surface area contributed by atoms with E-state index in [1.807, 2.05) is 31.2 Å². The molecule has 0 saturated heterocycles. The summed E-state index contributed by atoms with van der Waals surface area (Å²) in [5.41, 5.74) is 8.52. The fourth-order valence-electron chi connectivity index (χ4n) is 1.53. The van der Waals surface area contributed by atoms with Crippen LogP contribution in [0, 0.1) is 12.7 Å². The zero-order valence-electron chi connectivity index (χ0n) is 10.4. The second-order valence-corrected chi connectivity index (χ2v) is 4.43. The molecule has 0 aromatic heterocycles. The van der Waals surface area contributed by atoms with Crippen LogP contribution < -0.4 is 16.2 Å². The largest absolute Gasteiger partial charge is 0.331 e. The Bertz CT molecular complexity index is 569. The zero-order chi connectivity index (χ0) is 13.7. The van der Waals surface area contributed by atoms with Gasteiger partial charge in [-0.2, -0.15) is 0 Å². The predicted octanol–water partition coefficient (Wildman–Crippen LogP) is 3.45. The number of rotatable bonds is 3. The van der Waals surface area contributed by atoms with E-state index in [0.29, 0.717) is 5.11 Å². The standard InChI is InChI=1S/C14H14FN3S/c1-10-4-2-3-5-13(10)16-14(19)18-17-12-8-6-11(15)7-9-12/h2-9,17H,1H3,(H2,16,18,19). The first-order valence-corrected chi connectivity index (χ1v) is 6.20. The van der Waals surface area contributed by atoms with E-state index in [1.54, 1.807) is 12.1 Å². The van der Waals surface area contributed by atoms with Crippen LogP contribution in [-0.4, -0.2) is 5.11 Å². The van der Waals surface area contributed by atoms with Gasteiger partial charge in [0.2, 0.25) is 0 Å². The third-order valence-electron chi connectivity index (χ3n) is 2.56. The van der Waals surface area contributed by atoms with Gasteiger partial charge < -0.3 is 5.32 Å². The monoisotopic (exact) mass is 275 g/mol. The fraction of sp³-hybridized carbons (Fsp3) is 0.0714. The van der Waals surface area contributed by atoms with Gasteiger partial charge in [0.25, 0.3) is 0 Å². The van der Waals surface area contributed by atoms with Gasteiger partial charge in [-0.05, 0) is 55.0 Å². The molecule has 19 heavy (non-hydrogen) atoms. The number of benzene rings is 2. The molecule has 98 valence electrons. The highest BCUT2D eigenvalue weighted by atomic mass is 32.1. The molecule has 0 atom stereocenters. The van der Waals surface area contributed by atoms with Crippen molar-refractivity contribution < 1.29 is 4.39 Å². The Morgan fingerprint density at radius 3 is 2.42 bits per heavy atom. The second-order valence-electron chi connectivity index (χ2n) is 4.03. The molecule has 0 heterocycles. The molecule has 5 heteroatoms. The highest BCUT2D eigenvalue weighted by Crippen LogP contribution is 2.13. The number of aryl methyl sites for hydroxylation is 1. The first-order valence-electron chi connectivity index (χ1n) is 5.79. The summed E-state index contributed by atoms with van der Waals surface area (Å²) in [5.74, 6) is -0.272. The average Bonchev–Trinajstić information content (AvgIpc) is 2.41. The van der Waals surface area contributed by atoms with Gasteiger partial charge in [-0.15, -0.1) is 0 Å². The summed E-state index contributed by atoms with van der Waals surface area (Å²) < 4.78 is 12.7. The molecule has 0 aliphatic heterocycles. The predicted molar refractivity (Wildman–Crippen MR) is 80.6 cm³/mol. The van der Waals surface area contributed by atoms with Crippen LogP contribution >= 0.6 is 12.2 Å². The summed E-state index contributed by atoms with van der Waals surface area (Å²) in [5, 5.41) is 3.52. The molecule has 2 aromatic rings. The molecule has 0 bridgehead atoms. The number of hydrogen-bond acceptors (Lipinski definition) is 2. The highest BCUT2D eigenvalue weighted by molar-refractivity contribution is 7.80. The molecule has 3 N–H and O–H groups in total. The van der Waals surface area contributed by atoms with E-state index in [1.165, 1.54) is 12.1 Å². The Hall–Kier alpha value is -2.14. The summed E-state index contributed by atoms with van der Waals surface area (Å²) in [6, 6.07) is 13.8. The van der Waals surface area contributed by atoms with Crippen molar-refractivity contribution in [3.8, 4) is 0 Å². The van der Waals surface area contributed by atoms with Crippen molar-refractivity contribution in [1.82, 2.24) is 5.43 Å². The number of hydrogen-bond donors (Lipinski definition) is 3. The van der Waals surface area contributed by atoms with Crippen LogP contribution in [-0.2, 0) is 0 Å². The fourth-order valence-corrected chi connectivity index (χ4v) is 1.69. The van der Waals surface area contributed by atoms with Crippen LogP contribution in [0.1, 0.15) is 5.56 Å². The van der Waals surface area contributed by atoms with Crippen LogP contribution in [0.25, 0.3) is 0 Å². The maximum Gasteiger partial charge on any atom is 0.189 e. The number of para-hydroxylation sites is 1. The average molecular weight is 275 g/mol. The Morgan fingerprint density at radius 1 is 1.05 bits per heavy atom. The minimum Gasteiger partial charge on any atom is -0.331 e. The van der Waals surface area contributed by atoms with Crippen LogP contribution in [0.15, 0.2) is 48.5 Å². The van der Waals surface area contributed by atoms with E-state index in [0.717, 1.165) is 16.9 Å². The van der Waals surface area contributed by atoms with Gasteiger partial charge >= 0.3 is 0 Å². The lowest BCUT2D eigenvalue weighted by Crippen LogP contribution is -2.33. The van der Waals surface area contributed by atoms with Crippen LogP contribution in [0.3, 0.4) is 0 Å². The van der Waals surface area contributed by atoms with Crippen molar-refractivity contribution in [2.45, 2.75) is 6.92 Å². The zero-order valence-corrected chi connectivity index (χ0v) is 11.2. The number of nitrogens with one attached hydrogen (secondary N) is 3. The van der Waals surface area contributed by atoms with Gasteiger partial charge in [-0.25, -0.2) is 4.39 Å². The van der Waals surface area contributed by atoms with E-state index < -0.39 is 0 Å². The van der Waals surface area contributed by atoms with Crippen molar-refractivity contribution >= 4 is 28.7 Å². The van der Waals surface area contributed by atoms with E-state index in [2.05, 4.69) is 16.2 Å². The Morgan fingerprint density at radius 2 is 1.74 bits per heavy atom. The molecule has 0 radical (unpaired) electrons. The molecule has 0 saturated carbocycles. The van der Waals surface area contributed by atoms with Gasteiger partial charge in [0.05, 0.1) is 5.69 Å². The molecule has 0 amide bonds. The smallest absolute Gasteiger partial charge is 0.189 e. The topological polar surface area (TPSA) is 36.1 Å². The van der Waals surface area contributed by atoms with Gasteiger partial charge in [0.15, 0.2) is 5.11 Å². The van der Waals surface area contributed by atoms with E-state index in [-0.39, 0.29) is 5.82 Å². The molecule has 3 nitrogen and oxygen atoms in total. The van der Waals surface area contributed by atoms with Crippen molar-refractivity contribution in [3.05, 3.63) is 59.9 Å². The molecular formula is C14H14FN3S. The van der Waals surface area contributed by atoms with Crippen LogP contribution in [0.5, 0.6) is 0 Å². The van der Waals surface area contributed by atoms with Crippen molar-refractivity contribution in [2.24, 2.45) is 0 Å². The lowest BCUT2D eigenvalue weighted by molar-refractivity contribution is 0.628. The van der Waals surface area contributed by atoms with Crippen molar-refractivity contribution in [2.75, 3.05) is 10.7 Å². The van der Waals surface area contributed by atoms with E-state index in [9.17, 15) is 4.39 Å². The number of hydrazine groups is 1. The van der Waals surface area contributed by atoms with Crippen molar-refractivity contribution in [1.29, 1.82) is 0 Å². The van der Waals surface area contributed by atoms with Crippen LogP contribution in [0.4, 0.5) is 15.8 Å². The molecule has 0 aliphatic rings. The Balaban J connectivity index is 1.88. The summed E-state index contributed by atoms with van der Waals surface area (Å²) in [6.07, 6.45) is 0. The molecule has 0 unspecified atom stereocenters. The van der Waals surface area contributed by atoms with Crippen molar-refractivity contribution in [3.63, 3.8) is 0 Å². The number of anilines is 2. The molecule has 2 rings (SSSR count). The lowest BCUT2D eigenvalue weighted by atomic mass is 10.2. The maximum absolute atomic E-state index is 12.7. The number of thiocarbonyl (C=S) groups is 1. The summed E-state index contributed by atoms with van der Waals surface area (Å²) in [6.45, 7) is 2.00. The summed E-state index contributed by atoms with van der Waals surface area (Å²) in [7, 11) is 0. The van der Waals surface area contributed by atoms with Crippen LogP contribution in [0.2, 0.25) is 0 Å². The molecular weight excluding hydrogens is 261 g/mol. The Labute approximate surface area is 116 Å². The first-order chi connectivity index (χ1) is 9.15. The van der Waals surface area contributed by atoms with E-state index in [4.69, 9.17) is 12.2 Å². The SMILES string of the molecule is Cc1ccccc1NC(=S)NNc1ccc(F)cc1. The maximum atomic E-state index is 12.7. The quantitative estimate of drug-likeness (QED) is 0.592. The molecule has 0 aliphatic carbocycles. The minimum atomic E-state index is -0.272. The summed E-state index contributed by atoms with van der Waals surface area (Å²) in [4.78, 5) is 0. The van der Waals surface area contributed by atoms with E-state index >= 15 is 0 Å².